The van der Waals surface area contributed by atoms with Crippen LogP contribution in [0.15, 0.2) is 121 Å². The highest BCUT2D eigenvalue weighted by Crippen LogP contribution is 2.34. The van der Waals surface area contributed by atoms with Crippen LogP contribution < -0.4 is 0 Å². The van der Waals surface area contributed by atoms with E-state index in [1.165, 1.54) is 61.0 Å². The molecule has 0 N–H and O–H groups in total. The molecule has 0 bridgehead atoms. The largest absolute Gasteiger partial charge is 0.318 e. The van der Waals surface area contributed by atoms with Crippen molar-refractivity contribution in [3.05, 3.63) is 144 Å². The highest BCUT2D eigenvalue weighted by Gasteiger charge is 2.32. The lowest BCUT2D eigenvalue weighted by Crippen LogP contribution is -2.45. The van der Waals surface area contributed by atoms with Gasteiger partial charge in [0.1, 0.15) is 12.1 Å². The van der Waals surface area contributed by atoms with Crippen molar-refractivity contribution >= 4 is 0 Å². The number of quaternary nitrogens is 2. The first-order valence-corrected chi connectivity index (χ1v) is 14.2. The first-order valence-electron chi connectivity index (χ1n) is 14.2. The molecule has 0 unspecified atom stereocenters. The van der Waals surface area contributed by atoms with E-state index in [-0.39, 0.29) is 0 Å². The minimum atomic E-state index is 0.352. The van der Waals surface area contributed by atoms with Crippen LogP contribution in [0, 0.1) is 0 Å². The summed E-state index contributed by atoms with van der Waals surface area (Å²) in [5.41, 5.74) is 5.59. The van der Waals surface area contributed by atoms with Crippen molar-refractivity contribution in [1.82, 2.24) is 0 Å². The van der Waals surface area contributed by atoms with Gasteiger partial charge < -0.3 is 8.97 Å². The van der Waals surface area contributed by atoms with Crippen LogP contribution in [-0.4, -0.2) is 50.2 Å². The van der Waals surface area contributed by atoms with Crippen molar-refractivity contribution in [1.29, 1.82) is 0 Å². The fourth-order valence-electron chi connectivity index (χ4n) is 6.19. The van der Waals surface area contributed by atoms with E-state index in [1.54, 1.807) is 0 Å². The van der Waals surface area contributed by atoms with E-state index in [2.05, 4.69) is 150 Å². The molecule has 0 saturated carbocycles. The number of hydrogen-bond donors (Lipinski definition) is 0. The van der Waals surface area contributed by atoms with E-state index in [0.29, 0.717) is 12.1 Å². The Morgan fingerprint density at radius 2 is 0.605 bits per heavy atom. The lowest BCUT2D eigenvalue weighted by atomic mass is 9.95. The Morgan fingerprint density at radius 3 is 0.842 bits per heavy atom. The van der Waals surface area contributed by atoms with Crippen molar-refractivity contribution in [3.63, 3.8) is 0 Å². The van der Waals surface area contributed by atoms with E-state index >= 15 is 0 Å². The van der Waals surface area contributed by atoms with E-state index in [0.717, 1.165) is 8.97 Å². The van der Waals surface area contributed by atoms with Gasteiger partial charge in [-0.1, -0.05) is 121 Å². The molecule has 4 rings (SSSR count). The lowest BCUT2D eigenvalue weighted by molar-refractivity contribution is -0.916. The molecule has 4 aromatic carbocycles. The van der Waals surface area contributed by atoms with Gasteiger partial charge in [-0.15, -0.1) is 0 Å². The van der Waals surface area contributed by atoms with Gasteiger partial charge in [0, 0.05) is 22.3 Å². The molecule has 0 saturated heterocycles. The Labute approximate surface area is 231 Å². The Kier molecular flexibility index (Phi) is 9.55. The number of nitrogens with zero attached hydrogens (tertiary/aromatic N) is 2. The van der Waals surface area contributed by atoms with Crippen LogP contribution in [-0.2, 0) is 0 Å². The topological polar surface area (TPSA) is 0 Å². The zero-order valence-corrected chi connectivity index (χ0v) is 23.8. The van der Waals surface area contributed by atoms with Gasteiger partial charge in [0.05, 0.1) is 41.3 Å². The molecule has 4 aromatic rings. The third-order valence-corrected chi connectivity index (χ3v) is 8.08. The zero-order valence-electron chi connectivity index (χ0n) is 23.8. The quantitative estimate of drug-likeness (QED) is 0.126. The van der Waals surface area contributed by atoms with E-state index in [9.17, 15) is 0 Å². The van der Waals surface area contributed by atoms with Crippen LogP contribution >= 0.6 is 0 Å². The summed E-state index contributed by atoms with van der Waals surface area (Å²) in [5.74, 6) is 0. The zero-order chi connectivity index (χ0) is 26.8. The Morgan fingerprint density at radius 1 is 0.368 bits per heavy atom. The molecule has 2 nitrogen and oxygen atoms in total. The maximum atomic E-state index is 2.40. The maximum Gasteiger partial charge on any atom is 0.140 e. The summed E-state index contributed by atoms with van der Waals surface area (Å²) < 4.78 is 1.94. The number of benzene rings is 4. The second-order valence-corrected chi connectivity index (χ2v) is 11.9. The first-order chi connectivity index (χ1) is 18.4. The van der Waals surface area contributed by atoms with Gasteiger partial charge in [-0.3, -0.25) is 0 Å². The number of rotatable bonds is 13. The summed E-state index contributed by atoms with van der Waals surface area (Å²) >= 11 is 0. The summed E-state index contributed by atoms with van der Waals surface area (Å²) in [6.45, 7) is 2.34. The predicted molar refractivity (Wildman–Crippen MR) is 162 cm³/mol. The Hall–Kier alpha value is -3.20. The van der Waals surface area contributed by atoms with Gasteiger partial charge in [-0.2, -0.15) is 0 Å². The Balaban J connectivity index is 1.34. The average Bonchev–Trinajstić information content (AvgIpc) is 2.93. The number of hydrogen-bond acceptors (Lipinski definition) is 0. The SMILES string of the molecule is C[N+](C)(CCCCCC[N+](C)(C)C(c1ccccc1)c1ccccc1)C(c1ccccc1)c1ccccc1. The molecule has 0 atom stereocenters. The second-order valence-electron chi connectivity index (χ2n) is 11.9. The van der Waals surface area contributed by atoms with Crippen molar-refractivity contribution in [2.45, 2.75) is 37.8 Å². The molecule has 198 valence electrons. The van der Waals surface area contributed by atoms with Crippen LogP contribution in [0.5, 0.6) is 0 Å². The summed E-state index contributed by atoms with van der Waals surface area (Å²) in [7, 11) is 9.59. The van der Waals surface area contributed by atoms with E-state index < -0.39 is 0 Å². The molecular formula is C36H46N2+2. The highest BCUT2D eigenvalue weighted by atomic mass is 15.3. The molecule has 0 heterocycles. The van der Waals surface area contributed by atoms with Crippen LogP contribution in [0.3, 0.4) is 0 Å². The van der Waals surface area contributed by atoms with Crippen molar-refractivity contribution in [2.24, 2.45) is 0 Å². The smallest absolute Gasteiger partial charge is 0.140 e. The second kappa shape index (κ2) is 13.0. The van der Waals surface area contributed by atoms with Gasteiger partial charge >= 0.3 is 0 Å². The Bertz CT molecular complexity index is 1020. The van der Waals surface area contributed by atoms with Crippen LogP contribution in [0.4, 0.5) is 0 Å². The van der Waals surface area contributed by atoms with E-state index in [1.807, 2.05) is 0 Å². The van der Waals surface area contributed by atoms with Crippen LogP contribution in [0.25, 0.3) is 0 Å². The lowest BCUT2D eigenvalue weighted by Gasteiger charge is -2.39. The summed E-state index contributed by atoms with van der Waals surface area (Å²) in [6, 6.07) is 44.8. The molecule has 0 aliphatic carbocycles. The fourth-order valence-corrected chi connectivity index (χ4v) is 6.19. The van der Waals surface area contributed by atoms with Gasteiger partial charge in [0.15, 0.2) is 0 Å². The standard InChI is InChI=1S/C36H46N2/c1-37(2,35(31-21-11-7-12-22-31)32-23-13-8-14-24-32)29-19-5-6-20-30-38(3,4)36(33-25-15-9-16-26-33)34-27-17-10-18-28-34/h7-18,21-28,35-36H,5-6,19-20,29-30H2,1-4H3/q+2. The monoisotopic (exact) mass is 506 g/mol. The first kappa shape index (κ1) is 27.8. The summed E-state index contributed by atoms with van der Waals surface area (Å²) in [4.78, 5) is 0. The molecule has 2 heteroatoms. The molecule has 0 aliphatic rings. The molecule has 0 aliphatic heterocycles. The summed E-state index contributed by atoms with van der Waals surface area (Å²) in [5, 5.41) is 0. The van der Waals surface area contributed by atoms with Gasteiger partial charge in [-0.05, 0) is 25.7 Å². The van der Waals surface area contributed by atoms with Gasteiger partial charge in [-0.25, -0.2) is 0 Å². The normalized spacial score (nSPS) is 12.3. The predicted octanol–water partition coefficient (Wildman–Crippen LogP) is 8.28. The van der Waals surface area contributed by atoms with Crippen molar-refractivity contribution in [2.75, 3.05) is 41.3 Å². The number of unbranched alkanes of at least 4 members (excludes halogenated alkanes) is 3. The minimum absolute atomic E-state index is 0.352. The van der Waals surface area contributed by atoms with Crippen LogP contribution in [0.2, 0.25) is 0 Å². The average molecular weight is 507 g/mol. The van der Waals surface area contributed by atoms with Crippen LogP contribution in [0.1, 0.15) is 60.0 Å². The van der Waals surface area contributed by atoms with Crippen molar-refractivity contribution < 1.29 is 8.97 Å². The van der Waals surface area contributed by atoms with E-state index in [4.69, 9.17) is 0 Å². The molecule has 38 heavy (non-hydrogen) atoms. The van der Waals surface area contributed by atoms with Gasteiger partial charge in [0.25, 0.3) is 0 Å². The third-order valence-electron chi connectivity index (χ3n) is 8.08. The maximum absolute atomic E-state index is 2.40. The molecule has 0 radical (unpaired) electrons. The summed E-state index contributed by atoms with van der Waals surface area (Å²) in [6.07, 6.45) is 5.05. The minimum Gasteiger partial charge on any atom is -0.318 e. The van der Waals surface area contributed by atoms with Gasteiger partial charge in [0.2, 0.25) is 0 Å². The molecule has 0 spiro atoms. The molecule has 0 aromatic heterocycles. The van der Waals surface area contributed by atoms with Crippen molar-refractivity contribution in [3.8, 4) is 0 Å². The molecule has 0 amide bonds. The molecule has 0 fully saturated rings. The third kappa shape index (κ3) is 7.22. The fraction of sp³-hybridized carbons (Fsp3) is 0.333. The molecular weight excluding hydrogens is 460 g/mol. The highest BCUT2D eigenvalue weighted by molar-refractivity contribution is 5.31.